The van der Waals surface area contributed by atoms with Crippen LogP contribution >= 0.6 is 0 Å². The second-order valence-electron chi connectivity index (χ2n) is 3.88. The van der Waals surface area contributed by atoms with Gasteiger partial charge in [0.05, 0.1) is 0 Å². The number of nitrogens with two attached hydrogens (primary N) is 1. The van der Waals surface area contributed by atoms with Crippen LogP contribution in [0.3, 0.4) is 0 Å². The maximum Gasteiger partial charge on any atom is 0.123 e. The number of hydrogen-bond acceptors (Lipinski definition) is 1. The maximum absolute atomic E-state index is 12.9. The smallest absolute Gasteiger partial charge is 0.123 e. The molecule has 0 aromatic heterocycles. The lowest BCUT2D eigenvalue weighted by Gasteiger charge is -2.28. The van der Waals surface area contributed by atoms with Gasteiger partial charge in [-0.3, -0.25) is 0 Å². The average molecular weight is 179 g/mol. The highest BCUT2D eigenvalue weighted by molar-refractivity contribution is 5.33. The number of hydrogen-bond donors (Lipinski definition) is 1. The Morgan fingerprint density at radius 3 is 3.00 bits per heavy atom. The fourth-order valence-corrected chi connectivity index (χ4v) is 1.99. The molecule has 70 valence electrons. The van der Waals surface area contributed by atoms with E-state index in [1.54, 1.807) is 6.07 Å². The topological polar surface area (TPSA) is 26.0 Å². The van der Waals surface area contributed by atoms with Crippen molar-refractivity contribution in [2.75, 3.05) is 0 Å². The molecule has 1 aromatic rings. The Hall–Kier alpha value is -0.890. The van der Waals surface area contributed by atoms with Crippen LogP contribution in [0, 0.1) is 11.7 Å². The van der Waals surface area contributed by atoms with Crippen LogP contribution in [0.15, 0.2) is 18.2 Å². The molecule has 2 heteroatoms. The standard InChI is InChI=1S/C11H14FN/c1-7-2-3-8-6-9(12)4-5-10(8)11(7)13/h4-7,11H,2-3,13H2,1H3. The van der Waals surface area contributed by atoms with Gasteiger partial charge in [-0.15, -0.1) is 0 Å². The summed E-state index contributed by atoms with van der Waals surface area (Å²) in [6.07, 6.45) is 2.03. The summed E-state index contributed by atoms with van der Waals surface area (Å²) in [5, 5.41) is 0. The average Bonchev–Trinajstić information content (AvgIpc) is 2.12. The van der Waals surface area contributed by atoms with Crippen LogP contribution in [-0.4, -0.2) is 0 Å². The maximum atomic E-state index is 12.9. The van der Waals surface area contributed by atoms with Gasteiger partial charge < -0.3 is 5.73 Å². The molecule has 2 rings (SSSR count). The lowest BCUT2D eigenvalue weighted by molar-refractivity contribution is 0.410. The molecular weight excluding hydrogens is 165 g/mol. The molecular formula is C11H14FN. The molecule has 1 nitrogen and oxygen atoms in total. The second kappa shape index (κ2) is 3.11. The third-order valence-corrected chi connectivity index (χ3v) is 2.95. The van der Waals surface area contributed by atoms with Gasteiger partial charge in [-0.25, -0.2) is 4.39 Å². The van der Waals surface area contributed by atoms with Crippen LogP contribution < -0.4 is 5.73 Å². The molecule has 0 amide bonds. The van der Waals surface area contributed by atoms with Crippen LogP contribution in [0.2, 0.25) is 0 Å². The zero-order valence-electron chi connectivity index (χ0n) is 7.76. The van der Waals surface area contributed by atoms with Gasteiger partial charge in [0.25, 0.3) is 0 Å². The van der Waals surface area contributed by atoms with Crippen LogP contribution in [0.4, 0.5) is 4.39 Å². The normalized spacial score (nSPS) is 27.0. The summed E-state index contributed by atoms with van der Waals surface area (Å²) in [5.41, 5.74) is 8.23. The van der Waals surface area contributed by atoms with E-state index in [0.717, 1.165) is 24.0 Å². The van der Waals surface area contributed by atoms with Gasteiger partial charge in [0.1, 0.15) is 5.82 Å². The Labute approximate surface area is 77.8 Å². The molecule has 1 aliphatic carbocycles. The van der Waals surface area contributed by atoms with Crippen LogP contribution in [0.25, 0.3) is 0 Å². The van der Waals surface area contributed by atoms with Gasteiger partial charge >= 0.3 is 0 Å². The highest BCUT2D eigenvalue weighted by Crippen LogP contribution is 2.32. The van der Waals surface area contributed by atoms with E-state index in [0.29, 0.717) is 5.92 Å². The highest BCUT2D eigenvalue weighted by atomic mass is 19.1. The molecule has 0 radical (unpaired) electrons. The summed E-state index contributed by atoms with van der Waals surface area (Å²) in [6, 6.07) is 5.02. The van der Waals surface area contributed by atoms with Crippen molar-refractivity contribution >= 4 is 0 Å². The van der Waals surface area contributed by atoms with Crippen molar-refractivity contribution in [3.63, 3.8) is 0 Å². The van der Waals surface area contributed by atoms with Gasteiger partial charge in [0, 0.05) is 6.04 Å². The van der Waals surface area contributed by atoms with Crippen molar-refractivity contribution in [2.24, 2.45) is 11.7 Å². The molecule has 2 unspecified atom stereocenters. The third kappa shape index (κ3) is 1.46. The van der Waals surface area contributed by atoms with Gasteiger partial charge in [-0.2, -0.15) is 0 Å². The molecule has 0 spiro atoms. The van der Waals surface area contributed by atoms with Crippen LogP contribution in [0.5, 0.6) is 0 Å². The molecule has 0 aliphatic heterocycles. The van der Waals surface area contributed by atoms with E-state index in [2.05, 4.69) is 6.92 Å². The van der Waals surface area contributed by atoms with E-state index >= 15 is 0 Å². The number of rotatable bonds is 0. The Kier molecular flexibility index (Phi) is 2.08. The molecule has 0 saturated heterocycles. The van der Waals surface area contributed by atoms with E-state index in [-0.39, 0.29) is 11.9 Å². The largest absolute Gasteiger partial charge is 0.324 e. The van der Waals surface area contributed by atoms with Crippen LogP contribution in [0.1, 0.15) is 30.5 Å². The zero-order chi connectivity index (χ0) is 9.42. The van der Waals surface area contributed by atoms with E-state index in [1.165, 1.54) is 6.07 Å². The first kappa shape index (κ1) is 8.70. The number of fused-ring (bicyclic) bond motifs is 1. The predicted molar refractivity (Wildman–Crippen MR) is 50.8 cm³/mol. The Bertz CT molecular complexity index is 322. The minimum absolute atomic E-state index is 0.0874. The molecule has 1 aliphatic rings. The molecule has 13 heavy (non-hydrogen) atoms. The highest BCUT2D eigenvalue weighted by Gasteiger charge is 2.23. The first-order valence-corrected chi connectivity index (χ1v) is 4.72. The van der Waals surface area contributed by atoms with E-state index < -0.39 is 0 Å². The number of aryl methyl sites for hydroxylation is 1. The molecule has 0 bridgehead atoms. The molecule has 0 fully saturated rings. The first-order valence-electron chi connectivity index (χ1n) is 4.72. The summed E-state index contributed by atoms with van der Waals surface area (Å²) in [7, 11) is 0. The monoisotopic (exact) mass is 179 g/mol. The summed E-state index contributed by atoms with van der Waals surface area (Å²) in [6.45, 7) is 2.15. The van der Waals surface area contributed by atoms with E-state index in [1.807, 2.05) is 6.07 Å². The number of benzene rings is 1. The fraction of sp³-hybridized carbons (Fsp3) is 0.455. The van der Waals surface area contributed by atoms with Crippen LogP contribution in [-0.2, 0) is 6.42 Å². The quantitative estimate of drug-likeness (QED) is 0.650. The molecule has 2 atom stereocenters. The zero-order valence-corrected chi connectivity index (χ0v) is 7.76. The third-order valence-electron chi connectivity index (χ3n) is 2.95. The SMILES string of the molecule is CC1CCc2cc(F)ccc2C1N. The number of halogens is 1. The summed E-state index contributed by atoms with van der Waals surface area (Å²) in [4.78, 5) is 0. The van der Waals surface area contributed by atoms with Crippen molar-refractivity contribution in [3.8, 4) is 0 Å². The van der Waals surface area contributed by atoms with Gasteiger partial charge in [-0.05, 0) is 42.0 Å². The predicted octanol–water partition coefficient (Wildman–Crippen LogP) is 2.41. The van der Waals surface area contributed by atoms with Gasteiger partial charge in [-0.1, -0.05) is 13.0 Å². The Balaban J connectivity index is 2.44. The Morgan fingerprint density at radius 2 is 2.23 bits per heavy atom. The second-order valence-corrected chi connectivity index (χ2v) is 3.88. The van der Waals surface area contributed by atoms with Crippen molar-refractivity contribution in [1.29, 1.82) is 0 Å². The summed E-state index contributed by atoms with van der Waals surface area (Å²) >= 11 is 0. The van der Waals surface area contributed by atoms with E-state index in [9.17, 15) is 4.39 Å². The fourth-order valence-electron chi connectivity index (χ4n) is 1.99. The minimum atomic E-state index is -0.152. The van der Waals surface area contributed by atoms with Gasteiger partial charge in [0.2, 0.25) is 0 Å². The van der Waals surface area contributed by atoms with Gasteiger partial charge in [0.15, 0.2) is 0 Å². The minimum Gasteiger partial charge on any atom is -0.324 e. The first-order chi connectivity index (χ1) is 6.18. The molecule has 2 N–H and O–H groups in total. The van der Waals surface area contributed by atoms with Crippen molar-refractivity contribution < 1.29 is 4.39 Å². The molecule has 0 saturated carbocycles. The Morgan fingerprint density at radius 1 is 1.46 bits per heavy atom. The van der Waals surface area contributed by atoms with Crippen molar-refractivity contribution in [1.82, 2.24) is 0 Å². The molecule has 0 heterocycles. The summed E-state index contributed by atoms with van der Waals surface area (Å²) < 4.78 is 12.9. The lowest BCUT2D eigenvalue weighted by atomic mass is 9.81. The summed E-state index contributed by atoms with van der Waals surface area (Å²) in [5.74, 6) is 0.360. The van der Waals surface area contributed by atoms with E-state index in [4.69, 9.17) is 5.73 Å². The molecule has 1 aromatic carbocycles. The lowest BCUT2D eigenvalue weighted by Crippen LogP contribution is -2.25. The van der Waals surface area contributed by atoms with Crippen molar-refractivity contribution in [3.05, 3.63) is 35.1 Å². The van der Waals surface area contributed by atoms with Crippen molar-refractivity contribution in [2.45, 2.75) is 25.8 Å².